The molecule has 29 heavy (non-hydrogen) atoms. The van der Waals surface area contributed by atoms with Crippen molar-refractivity contribution in [2.75, 3.05) is 13.1 Å². The van der Waals surface area contributed by atoms with Crippen molar-refractivity contribution >= 4 is 10.0 Å². The second-order valence-electron chi connectivity index (χ2n) is 7.09. The molecular weight excluding hydrogens is 393 g/mol. The Kier molecular flexibility index (Phi) is 5.70. The first-order valence-corrected chi connectivity index (χ1v) is 10.9. The van der Waals surface area contributed by atoms with Crippen molar-refractivity contribution in [3.8, 4) is 5.69 Å². The number of piperidine rings is 1. The number of aromatic nitrogens is 3. The van der Waals surface area contributed by atoms with Gasteiger partial charge in [-0.1, -0.05) is 18.2 Å². The summed E-state index contributed by atoms with van der Waals surface area (Å²) in [7, 11) is -3.64. The molecule has 2 heterocycles. The van der Waals surface area contributed by atoms with E-state index in [1.165, 1.54) is 12.1 Å². The topological polar surface area (TPSA) is 80.1 Å². The minimum absolute atomic E-state index is 0.0823. The van der Waals surface area contributed by atoms with Crippen LogP contribution in [-0.2, 0) is 16.6 Å². The Bertz CT molecular complexity index is 1050. The lowest BCUT2D eigenvalue weighted by Crippen LogP contribution is -2.44. The fraction of sp³-hybridized carbons (Fsp3) is 0.300. The smallest absolute Gasteiger partial charge is 0.240 e. The van der Waals surface area contributed by atoms with Gasteiger partial charge in [-0.25, -0.2) is 17.5 Å². The van der Waals surface area contributed by atoms with E-state index in [1.807, 2.05) is 30.3 Å². The first-order chi connectivity index (χ1) is 14.0. The van der Waals surface area contributed by atoms with Crippen molar-refractivity contribution in [1.29, 1.82) is 0 Å². The van der Waals surface area contributed by atoms with Crippen LogP contribution in [0.25, 0.3) is 5.69 Å². The minimum Gasteiger partial charge on any atom is -0.297 e. The summed E-state index contributed by atoms with van der Waals surface area (Å²) in [4.78, 5) is 3.93. The highest BCUT2D eigenvalue weighted by Gasteiger charge is 2.25. The number of rotatable bonds is 6. The summed E-state index contributed by atoms with van der Waals surface area (Å²) in [5, 5.41) is 8.84. The molecule has 9 heteroatoms. The van der Waals surface area contributed by atoms with Gasteiger partial charge in [0.25, 0.3) is 0 Å². The van der Waals surface area contributed by atoms with E-state index in [9.17, 15) is 12.8 Å². The van der Waals surface area contributed by atoms with Gasteiger partial charge in [0.1, 0.15) is 5.82 Å². The molecule has 0 saturated carbocycles. The summed E-state index contributed by atoms with van der Waals surface area (Å²) in [5.74, 6) is -0.457. The molecule has 0 radical (unpaired) electrons. The van der Waals surface area contributed by atoms with Crippen molar-refractivity contribution in [2.45, 2.75) is 30.3 Å². The van der Waals surface area contributed by atoms with Crippen LogP contribution in [0.1, 0.15) is 18.5 Å². The summed E-state index contributed by atoms with van der Waals surface area (Å²) >= 11 is 0. The van der Waals surface area contributed by atoms with Gasteiger partial charge in [0, 0.05) is 25.7 Å². The summed E-state index contributed by atoms with van der Waals surface area (Å²) in [6.45, 7) is 2.19. The number of benzene rings is 2. The summed E-state index contributed by atoms with van der Waals surface area (Å²) in [5.41, 5.74) is 1.78. The molecule has 3 aromatic rings. The molecule has 7 nitrogen and oxygen atoms in total. The van der Waals surface area contributed by atoms with E-state index in [1.54, 1.807) is 11.0 Å². The quantitative estimate of drug-likeness (QED) is 0.669. The third-order valence-electron chi connectivity index (χ3n) is 4.95. The second kappa shape index (κ2) is 8.40. The van der Waals surface area contributed by atoms with E-state index >= 15 is 0 Å². The van der Waals surface area contributed by atoms with E-state index in [2.05, 4.69) is 19.8 Å². The fourth-order valence-corrected chi connectivity index (χ4v) is 4.70. The number of hydrogen-bond donors (Lipinski definition) is 1. The van der Waals surface area contributed by atoms with Crippen LogP contribution >= 0.6 is 0 Å². The predicted molar refractivity (Wildman–Crippen MR) is 106 cm³/mol. The SMILES string of the molecule is O=S(=O)(NC1CCN(Cc2cnn(-c3ccccc3)n2)CC1)c1ccc(F)cc1. The largest absolute Gasteiger partial charge is 0.297 e. The molecule has 0 bridgehead atoms. The highest BCUT2D eigenvalue weighted by molar-refractivity contribution is 7.89. The van der Waals surface area contributed by atoms with Crippen molar-refractivity contribution in [3.63, 3.8) is 0 Å². The van der Waals surface area contributed by atoms with Crippen LogP contribution in [0.4, 0.5) is 4.39 Å². The van der Waals surface area contributed by atoms with Gasteiger partial charge in [-0.2, -0.15) is 15.0 Å². The highest BCUT2D eigenvalue weighted by Crippen LogP contribution is 2.17. The molecule has 4 rings (SSSR count). The first kappa shape index (κ1) is 19.7. The third-order valence-corrected chi connectivity index (χ3v) is 6.48. The number of likely N-dealkylation sites (tertiary alicyclic amines) is 1. The molecule has 0 amide bonds. The molecule has 0 spiro atoms. The average Bonchev–Trinajstić information content (AvgIpc) is 3.19. The standard InChI is InChI=1S/C20H22FN5O2S/c21-16-6-8-20(9-7-16)29(27,28)24-17-10-12-25(13-11-17)15-18-14-22-26(23-18)19-4-2-1-3-5-19/h1-9,14,17,24H,10-13,15H2. The summed E-state index contributed by atoms with van der Waals surface area (Å²) in [6.07, 6.45) is 3.16. The Morgan fingerprint density at radius 2 is 1.72 bits per heavy atom. The van der Waals surface area contributed by atoms with Gasteiger partial charge in [0.15, 0.2) is 0 Å². The zero-order valence-electron chi connectivity index (χ0n) is 15.8. The van der Waals surface area contributed by atoms with Gasteiger partial charge in [0.2, 0.25) is 10.0 Å². The molecule has 1 aromatic heterocycles. The maximum atomic E-state index is 13.0. The molecule has 0 atom stereocenters. The van der Waals surface area contributed by atoms with E-state index in [4.69, 9.17) is 0 Å². The van der Waals surface area contributed by atoms with Gasteiger partial charge in [0.05, 0.1) is 22.5 Å². The predicted octanol–water partition coefficient (Wildman–Crippen LogP) is 2.35. The minimum atomic E-state index is -3.64. The number of para-hydroxylation sites is 1. The number of nitrogens with one attached hydrogen (secondary N) is 1. The van der Waals surface area contributed by atoms with E-state index in [0.29, 0.717) is 19.4 Å². The van der Waals surface area contributed by atoms with Gasteiger partial charge in [-0.05, 0) is 49.2 Å². The molecule has 2 aromatic carbocycles. The summed E-state index contributed by atoms with van der Waals surface area (Å²) in [6, 6.07) is 14.5. The Morgan fingerprint density at radius 3 is 2.41 bits per heavy atom. The Hall–Kier alpha value is -2.62. The molecule has 1 aliphatic rings. The van der Waals surface area contributed by atoms with Crippen LogP contribution in [0.5, 0.6) is 0 Å². The van der Waals surface area contributed by atoms with Crippen molar-refractivity contribution in [2.24, 2.45) is 0 Å². The number of halogens is 1. The third kappa shape index (κ3) is 4.87. The van der Waals surface area contributed by atoms with Crippen molar-refractivity contribution < 1.29 is 12.8 Å². The van der Waals surface area contributed by atoms with Crippen LogP contribution in [0.2, 0.25) is 0 Å². The number of hydrogen-bond acceptors (Lipinski definition) is 5. The summed E-state index contributed by atoms with van der Waals surface area (Å²) < 4.78 is 40.7. The first-order valence-electron chi connectivity index (χ1n) is 9.46. The maximum absolute atomic E-state index is 13.0. The zero-order chi connectivity index (χ0) is 20.3. The van der Waals surface area contributed by atoms with Crippen LogP contribution < -0.4 is 4.72 Å². The molecule has 0 unspecified atom stereocenters. The Morgan fingerprint density at radius 1 is 1.03 bits per heavy atom. The fourth-order valence-electron chi connectivity index (χ4n) is 3.39. The van der Waals surface area contributed by atoms with Gasteiger partial charge < -0.3 is 0 Å². The zero-order valence-corrected chi connectivity index (χ0v) is 16.6. The maximum Gasteiger partial charge on any atom is 0.240 e. The van der Waals surface area contributed by atoms with E-state index < -0.39 is 15.8 Å². The molecule has 152 valence electrons. The monoisotopic (exact) mass is 415 g/mol. The van der Waals surface area contributed by atoms with Crippen molar-refractivity contribution in [3.05, 3.63) is 72.3 Å². The van der Waals surface area contributed by atoms with Crippen LogP contribution in [-0.4, -0.2) is 47.4 Å². The van der Waals surface area contributed by atoms with E-state index in [-0.39, 0.29) is 10.9 Å². The Labute approximate surface area is 169 Å². The second-order valence-corrected chi connectivity index (χ2v) is 8.80. The van der Waals surface area contributed by atoms with Crippen LogP contribution in [0.3, 0.4) is 0 Å². The van der Waals surface area contributed by atoms with Gasteiger partial charge in [-0.15, -0.1) is 0 Å². The lowest BCUT2D eigenvalue weighted by Gasteiger charge is -2.31. The average molecular weight is 415 g/mol. The van der Waals surface area contributed by atoms with Gasteiger partial charge >= 0.3 is 0 Å². The number of sulfonamides is 1. The molecule has 1 N–H and O–H groups in total. The normalized spacial score (nSPS) is 16.2. The van der Waals surface area contributed by atoms with Crippen molar-refractivity contribution in [1.82, 2.24) is 24.6 Å². The van der Waals surface area contributed by atoms with Crippen LogP contribution in [0, 0.1) is 5.82 Å². The molecular formula is C20H22FN5O2S. The molecule has 0 aliphatic carbocycles. The lowest BCUT2D eigenvalue weighted by atomic mass is 10.1. The van der Waals surface area contributed by atoms with E-state index in [0.717, 1.165) is 36.6 Å². The molecule has 1 aliphatic heterocycles. The van der Waals surface area contributed by atoms with Crippen LogP contribution in [0.15, 0.2) is 65.7 Å². The lowest BCUT2D eigenvalue weighted by molar-refractivity contribution is 0.197. The Balaban J connectivity index is 1.31. The molecule has 1 fully saturated rings. The number of nitrogens with zero attached hydrogens (tertiary/aromatic N) is 4. The van der Waals surface area contributed by atoms with Gasteiger partial charge in [-0.3, -0.25) is 4.90 Å². The molecule has 1 saturated heterocycles. The highest BCUT2D eigenvalue weighted by atomic mass is 32.2.